The number of aliphatic hydroxyl groups is 1. The minimum absolute atomic E-state index is 0.102. The first kappa shape index (κ1) is 26.2. The Balaban J connectivity index is 1.81. The Hall–Kier alpha value is -5.43. The number of carbonyl (C=O) groups is 4. The van der Waals surface area contributed by atoms with Crippen molar-refractivity contribution in [2.24, 2.45) is 0 Å². The Kier molecular flexibility index (Phi) is 5.59. The Morgan fingerprint density at radius 1 is 0.925 bits per heavy atom. The highest BCUT2D eigenvalue weighted by Gasteiger charge is 2.50. The Bertz CT molecular complexity index is 1930. The Labute approximate surface area is 221 Å². The zero-order chi connectivity index (χ0) is 29.4. The Morgan fingerprint density at radius 3 is 2.20 bits per heavy atom. The van der Waals surface area contributed by atoms with Crippen molar-refractivity contribution in [1.82, 2.24) is 0 Å². The second-order valence-electron chi connectivity index (χ2n) is 9.23. The molecule has 1 aliphatic rings. The normalized spacial score (nSPS) is 16.5. The molecular formula is C27H18O13. The van der Waals surface area contributed by atoms with Crippen LogP contribution in [0.4, 0.5) is 0 Å². The van der Waals surface area contributed by atoms with E-state index in [1.54, 1.807) is 0 Å². The fourth-order valence-corrected chi connectivity index (χ4v) is 4.80. The zero-order valence-electron chi connectivity index (χ0n) is 20.6. The molecule has 0 saturated carbocycles. The van der Waals surface area contributed by atoms with E-state index in [2.05, 4.69) is 0 Å². The summed E-state index contributed by atoms with van der Waals surface area (Å²) in [5.74, 6) is -8.54. The minimum Gasteiger partial charge on any atom is -0.504 e. The highest BCUT2D eigenvalue weighted by molar-refractivity contribution is 6.26. The van der Waals surface area contributed by atoms with Gasteiger partial charge in [0.2, 0.25) is 22.6 Å². The van der Waals surface area contributed by atoms with Crippen molar-refractivity contribution in [2.75, 3.05) is 6.61 Å². The van der Waals surface area contributed by atoms with Gasteiger partial charge in [-0.3, -0.25) is 19.2 Å². The number of phenols is 4. The topological polar surface area (TPSA) is 229 Å². The molecule has 0 spiro atoms. The third kappa shape index (κ3) is 3.48. The van der Waals surface area contributed by atoms with Gasteiger partial charge in [-0.15, -0.1) is 0 Å². The molecule has 0 fully saturated rings. The number of benzene rings is 3. The number of hydrogen-bond acceptors (Lipinski definition) is 12. The first-order valence-corrected chi connectivity index (χ1v) is 11.4. The lowest BCUT2D eigenvalue weighted by molar-refractivity contribution is 0.00514. The average Bonchev–Trinajstić information content (AvgIpc) is 2.88. The number of rotatable bonds is 4. The van der Waals surface area contributed by atoms with E-state index in [1.165, 1.54) is 6.92 Å². The number of carboxylic acid groups (broad SMARTS) is 1. The number of aromatic carboxylic acids is 1. The fraction of sp³-hybridized carbons (Fsp3) is 0.148. The van der Waals surface area contributed by atoms with Gasteiger partial charge in [-0.05, 0) is 31.5 Å². The molecule has 3 aromatic carbocycles. The molecule has 40 heavy (non-hydrogen) atoms. The molecule has 2 heterocycles. The third-order valence-corrected chi connectivity index (χ3v) is 6.79. The molecule has 13 nitrogen and oxygen atoms in total. The summed E-state index contributed by atoms with van der Waals surface area (Å²) in [7, 11) is 0. The molecule has 0 amide bonds. The highest BCUT2D eigenvalue weighted by atomic mass is 16.5. The largest absolute Gasteiger partial charge is 0.504 e. The quantitative estimate of drug-likeness (QED) is 0.0927. The molecule has 0 bridgehead atoms. The molecule has 1 aliphatic heterocycles. The summed E-state index contributed by atoms with van der Waals surface area (Å²) >= 11 is 0. The molecule has 1 atom stereocenters. The van der Waals surface area contributed by atoms with Crippen LogP contribution in [0.15, 0.2) is 33.5 Å². The third-order valence-electron chi connectivity index (χ3n) is 6.79. The van der Waals surface area contributed by atoms with Gasteiger partial charge in [0.05, 0.1) is 21.9 Å². The molecule has 1 aromatic heterocycles. The second kappa shape index (κ2) is 8.54. The van der Waals surface area contributed by atoms with Crippen LogP contribution in [-0.4, -0.2) is 66.2 Å². The number of hydrogen-bond donors (Lipinski definition) is 6. The van der Waals surface area contributed by atoms with E-state index in [4.69, 9.17) is 9.15 Å². The van der Waals surface area contributed by atoms with Gasteiger partial charge < -0.3 is 39.8 Å². The molecule has 0 aliphatic carbocycles. The van der Waals surface area contributed by atoms with Gasteiger partial charge in [0.25, 0.3) is 0 Å². The van der Waals surface area contributed by atoms with E-state index >= 15 is 0 Å². The first-order chi connectivity index (χ1) is 18.7. The second-order valence-corrected chi connectivity index (χ2v) is 9.23. The maximum Gasteiger partial charge on any atom is 0.340 e. The molecule has 6 N–H and O–H groups in total. The summed E-state index contributed by atoms with van der Waals surface area (Å²) in [5, 5.41) is 59.2. The predicted octanol–water partition coefficient (Wildman–Crippen LogP) is 2.17. The van der Waals surface area contributed by atoms with Crippen LogP contribution in [0.3, 0.4) is 0 Å². The summed E-state index contributed by atoms with van der Waals surface area (Å²) in [6, 6.07) is 3.43. The minimum atomic E-state index is -2.89. The van der Waals surface area contributed by atoms with E-state index in [9.17, 15) is 54.6 Å². The number of fused-ring (bicyclic) bond motifs is 3. The summed E-state index contributed by atoms with van der Waals surface area (Å²) in [6.07, 6.45) is 0. The van der Waals surface area contributed by atoms with E-state index in [0.29, 0.717) is 0 Å². The van der Waals surface area contributed by atoms with Gasteiger partial charge in [-0.25, -0.2) is 4.79 Å². The van der Waals surface area contributed by atoms with E-state index in [-0.39, 0.29) is 22.5 Å². The van der Waals surface area contributed by atoms with Crippen molar-refractivity contribution >= 4 is 45.3 Å². The van der Waals surface area contributed by atoms with Gasteiger partial charge in [0.1, 0.15) is 29.1 Å². The number of aromatic hydroxyl groups is 4. The van der Waals surface area contributed by atoms with E-state index < -0.39 is 97.0 Å². The standard InChI is InChI=1S/C27H18O13/c1-8-10(24(34)27(38)7-39-16-5-14(30)13(29)4-11(16)25(27)35)3-12-21(32)19-17(40-23(12)18(8)9(2)28)6-15(31)22(33)20(19)26(36)37/h3-6,29-31,33,38H,7H2,1-2H3,(H,36,37). The van der Waals surface area contributed by atoms with E-state index in [1.807, 2.05) is 0 Å². The van der Waals surface area contributed by atoms with Gasteiger partial charge in [-0.2, -0.15) is 0 Å². The van der Waals surface area contributed by atoms with Crippen LogP contribution in [0.25, 0.3) is 21.9 Å². The lowest BCUT2D eigenvalue weighted by atomic mass is 9.81. The number of phenolic OH excluding ortho intramolecular Hbond substituents is 3. The van der Waals surface area contributed by atoms with Gasteiger partial charge >= 0.3 is 5.97 Å². The maximum absolute atomic E-state index is 13.7. The van der Waals surface area contributed by atoms with Crippen molar-refractivity contribution in [2.45, 2.75) is 19.4 Å². The van der Waals surface area contributed by atoms with Crippen molar-refractivity contribution < 1.29 is 59.0 Å². The summed E-state index contributed by atoms with van der Waals surface area (Å²) in [5.41, 5.74) is -7.12. The summed E-state index contributed by atoms with van der Waals surface area (Å²) in [4.78, 5) is 65.0. The molecule has 204 valence electrons. The van der Waals surface area contributed by atoms with Crippen LogP contribution < -0.4 is 10.2 Å². The SMILES string of the molecule is CC(=O)c1c(C)c(C(=O)C2(O)COc3cc(O)c(O)cc3C2=O)cc2c(=O)c3c(C(=O)O)c(O)c(O)cc3oc12. The van der Waals surface area contributed by atoms with Gasteiger partial charge in [0.15, 0.2) is 28.8 Å². The average molecular weight is 550 g/mol. The number of carbonyl (C=O) groups excluding carboxylic acids is 3. The first-order valence-electron chi connectivity index (χ1n) is 11.4. The van der Waals surface area contributed by atoms with Crippen LogP contribution in [0.5, 0.6) is 28.7 Å². The molecule has 5 rings (SSSR count). The summed E-state index contributed by atoms with van der Waals surface area (Å²) < 4.78 is 11.0. The molecule has 4 aromatic rings. The zero-order valence-corrected chi connectivity index (χ0v) is 20.6. The van der Waals surface area contributed by atoms with E-state index in [0.717, 1.165) is 31.2 Å². The molecule has 13 heteroatoms. The Morgan fingerprint density at radius 2 is 1.57 bits per heavy atom. The molecule has 0 radical (unpaired) electrons. The van der Waals surface area contributed by atoms with Crippen LogP contribution in [0, 0.1) is 6.92 Å². The maximum atomic E-state index is 13.7. The van der Waals surface area contributed by atoms with Crippen molar-refractivity contribution in [3.63, 3.8) is 0 Å². The molecular weight excluding hydrogens is 532 g/mol. The number of ketones is 3. The van der Waals surface area contributed by atoms with Crippen molar-refractivity contribution in [3.8, 4) is 28.7 Å². The van der Waals surface area contributed by atoms with Crippen LogP contribution in [0.2, 0.25) is 0 Å². The van der Waals surface area contributed by atoms with Crippen molar-refractivity contribution in [3.05, 3.63) is 62.3 Å². The van der Waals surface area contributed by atoms with Crippen LogP contribution in [0.1, 0.15) is 53.9 Å². The summed E-state index contributed by atoms with van der Waals surface area (Å²) in [6.45, 7) is 1.46. The van der Waals surface area contributed by atoms with Crippen LogP contribution in [-0.2, 0) is 0 Å². The van der Waals surface area contributed by atoms with Gasteiger partial charge in [-0.1, -0.05) is 0 Å². The highest BCUT2D eigenvalue weighted by Crippen LogP contribution is 2.40. The monoisotopic (exact) mass is 550 g/mol. The van der Waals surface area contributed by atoms with Crippen molar-refractivity contribution in [1.29, 1.82) is 0 Å². The van der Waals surface area contributed by atoms with Gasteiger partial charge in [0, 0.05) is 17.7 Å². The lowest BCUT2D eigenvalue weighted by Gasteiger charge is -2.31. The number of ether oxygens (including phenoxy) is 1. The number of Topliss-reactive ketones (excluding diaryl/α,β-unsaturated/α-hetero) is 3. The predicted molar refractivity (Wildman–Crippen MR) is 134 cm³/mol. The molecule has 1 unspecified atom stereocenters. The number of carboxylic acids is 1. The fourth-order valence-electron chi connectivity index (χ4n) is 4.80. The molecule has 0 saturated heterocycles. The van der Waals surface area contributed by atoms with Crippen LogP contribution >= 0.6 is 0 Å². The smallest absolute Gasteiger partial charge is 0.340 e. The lowest BCUT2D eigenvalue weighted by Crippen LogP contribution is -2.54.